The van der Waals surface area contributed by atoms with Gasteiger partial charge in [-0.1, -0.05) is 18.2 Å². The highest BCUT2D eigenvalue weighted by molar-refractivity contribution is 7.99. The third kappa shape index (κ3) is 2.33. The minimum Gasteiger partial charge on any atom is -0.398 e. The van der Waals surface area contributed by atoms with Crippen molar-refractivity contribution in [2.45, 2.75) is 13.0 Å². The Balaban J connectivity index is 1.99. The predicted molar refractivity (Wildman–Crippen MR) is 84.0 cm³/mol. The van der Waals surface area contributed by atoms with Crippen LogP contribution in [0.2, 0.25) is 0 Å². The molecular formula is C15H17N3OS. The van der Waals surface area contributed by atoms with Crippen LogP contribution in [0, 0.1) is 0 Å². The fourth-order valence-electron chi connectivity index (χ4n) is 2.49. The van der Waals surface area contributed by atoms with Gasteiger partial charge >= 0.3 is 0 Å². The van der Waals surface area contributed by atoms with Crippen LogP contribution in [0.3, 0.4) is 0 Å². The number of rotatable bonds is 1. The quantitative estimate of drug-likeness (QED) is 0.875. The molecule has 104 valence electrons. The van der Waals surface area contributed by atoms with Crippen LogP contribution in [0.5, 0.6) is 0 Å². The third-order valence-corrected chi connectivity index (χ3v) is 4.79. The lowest BCUT2D eigenvalue weighted by molar-refractivity contribution is 0.0710. The first-order valence-electron chi connectivity index (χ1n) is 6.71. The second-order valence-corrected chi connectivity index (χ2v) is 6.19. The SMILES string of the molecule is CC1CSCCN1C(=O)c1cc(N)c2ccccc2n1. The van der Waals surface area contributed by atoms with Gasteiger partial charge in [0.2, 0.25) is 0 Å². The molecule has 1 saturated heterocycles. The molecule has 0 saturated carbocycles. The van der Waals surface area contributed by atoms with Crippen molar-refractivity contribution in [3.63, 3.8) is 0 Å². The minimum absolute atomic E-state index is 0.0183. The van der Waals surface area contributed by atoms with Gasteiger partial charge in [-0.15, -0.1) is 0 Å². The molecule has 2 heterocycles. The van der Waals surface area contributed by atoms with Gasteiger partial charge in [0.25, 0.3) is 5.91 Å². The van der Waals surface area contributed by atoms with E-state index in [1.165, 1.54) is 0 Å². The van der Waals surface area contributed by atoms with E-state index in [-0.39, 0.29) is 11.9 Å². The van der Waals surface area contributed by atoms with E-state index < -0.39 is 0 Å². The van der Waals surface area contributed by atoms with E-state index in [4.69, 9.17) is 5.73 Å². The molecule has 1 aromatic heterocycles. The average molecular weight is 287 g/mol. The summed E-state index contributed by atoms with van der Waals surface area (Å²) in [4.78, 5) is 19.0. The molecule has 2 aromatic rings. The van der Waals surface area contributed by atoms with Crippen LogP contribution in [-0.4, -0.2) is 39.9 Å². The topological polar surface area (TPSA) is 59.2 Å². The number of carbonyl (C=O) groups is 1. The Hall–Kier alpha value is -1.75. The highest BCUT2D eigenvalue weighted by Gasteiger charge is 2.25. The number of nitrogen functional groups attached to an aromatic ring is 1. The number of para-hydroxylation sites is 1. The number of nitrogens with zero attached hydrogens (tertiary/aromatic N) is 2. The number of carbonyl (C=O) groups excluding carboxylic acids is 1. The summed E-state index contributed by atoms with van der Waals surface area (Å²) in [6.45, 7) is 2.85. The molecule has 2 N–H and O–H groups in total. The highest BCUT2D eigenvalue weighted by Crippen LogP contribution is 2.23. The molecule has 1 atom stereocenters. The number of benzene rings is 1. The molecule has 3 rings (SSSR count). The van der Waals surface area contributed by atoms with E-state index in [9.17, 15) is 4.79 Å². The van der Waals surface area contributed by atoms with Crippen molar-refractivity contribution in [2.75, 3.05) is 23.8 Å². The van der Waals surface area contributed by atoms with Crippen LogP contribution in [0.15, 0.2) is 30.3 Å². The van der Waals surface area contributed by atoms with Crippen LogP contribution in [-0.2, 0) is 0 Å². The lowest BCUT2D eigenvalue weighted by Crippen LogP contribution is -2.44. The molecule has 0 aliphatic carbocycles. The van der Waals surface area contributed by atoms with Crippen molar-refractivity contribution in [3.05, 3.63) is 36.0 Å². The molecular weight excluding hydrogens is 270 g/mol. The average Bonchev–Trinajstić information content (AvgIpc) is 2.47. The summed E-state index contributed by atoms with van der Waals surface area (Å²) >= 11 is 1.89. The molecule has 0 bridgehead atoms. The molecule has 1 unspecified atom stereocenters. The fraction of sp³-hybridized carbons (Fsp3) is 0.333. The summed E-state index contributed by atoms with van der Waals surface area (Å²) in [5.74, 6) is 1.95. The second kappa shape index (κ2) is 5.32. The van der Waals surface area contributed by atoms with Gasteiger partial charge in [0.1, 0.15) is 5.69 Å². The number of nitrogens with two attached hydrogens (primary N) is 1. The van der Waals surface area contributed by atoms with E-state index in [0.717, 1.165) is 29.0 Å². The molecule has 4 nitrogen and oxygen atoms in total. The Labute approximate surface area is 122 Å². The van der Waals surface area contributed by atoms with Gasteiger partial charge in [-0.2, -0.15) is 11.8 Å². The number of fused-ring (bicyclic) bond motifs is 1. The van der Waals surface area contributed by atoms with Crippen molar-refractivity contribution >= 4 is 34.3 Å². The Morgan fingerprint density at radius 2 is 2.25 bits per heavy atom. The van der Waals surface area contributed by atoms with E-state index in [0.29, 0.717) is 11.4 Å². The van der Waals surface area contributed by atoms with Crippen molar-refractivity contribution in [1.82, 2.24) is 9.88 Å². The zero-order valence-electron chi connectivity index (χ0n) is 11.4. The maximum absolute atomic E-state index is 12.6. The first kappa shape index (κ1) is 13.2. The zero-order chi connectivity index (χ0) is 14.1. The van der Waals surface area contributed by atoms with Gasteiger partial charge in [0.15, 0.2) is 0 Å². The second-order valence-electron chi connectivity index (χ2n) is 5.04. The monoisotopic (exact) mass is 287 g/mol. The van der Waals surface area contributed by atoms with Gasteiger partial charge in [-0.3, -0.25) is 4.79 Å². The summed E-state index contributed by atoms with van der Waals surface area (Å²) in [6.07, 6.45) is 0. The highest BCUT2D eigenvalue weighted by atomic mass is 32.2. The Morgan fingerprint density at radius 1 is 1.45 bits per heavy atom. The number of hydrogen-bond acceptors (Lipinski definition) is 4. The van der Waals surface area contributed by atoms with E-state index in [1.54, 1.807) is 6.07 Å². The smallest absolute Gasteiger partial charge is 0.272 e. The van der Waals surface area contributed by atoms with Crippen LogP contribution in [0.25, 0.3) is 10.9 Å². The van der Waals surface area contributed by atoms with Gasteiger partial charge in [-0.05, 0) is 19.1 Å². The zero-order valence-corrected chi connectivity index (χ0v) is 12.2. The number of pyridine rings is 1. The molecule has 0 radical (unpaired) electrons. The molecule has 0 spiro atoms. The van der Waals surface area contributed by atoms with Gasteiger partial charge in [0.05, 0.1) is 5.52 Å². The maximum Gasteiger partial charge on any atom is 0.272 e. The summed E-state index contributed by atoms with van der Waals surface area (Å²) in [7, 11) is 0. The molecule has 1 amide bonds. The Bertz CT molecular complexity index is 659. The summed E-state index contributed by atoms with van der Waals surface area (Å²) < 4.78 is 0. The fourth-order valence-corrected chi connectivity index (χ4v) is 3.50. The summed E-state index contributed by atoms with van der Waals surface area (Å²) in [6, 6.07) is 9.58. The first-order chi connectivity index (χ1) is 9.66. The van der Waals surface area contributed by atoms with Crippen molar-refractivity contribution in [2.24, 2.45) is 0 Å². The largest absolute Gasteiger partial charge is 0.398 e. The molecule has 1 aliphatic rings. The van der Waals surface area contributed by atoms with Crippen LogP contribution < -0.4 is 5.73 Å². The standard InChI is InChI=1S/C15H17N3OS/c1-10-9-20-7-6-18(10)15(19)14-8-12(16)11-4-2-3-5-13(11)17-14/h2-5,8,10H,6-7,9H2,1H3,(H2,16,17). The van der Waals surface area contributed by atoms with Crippen LogP contribution in [0.1, 0.15) is 17.4 Å². The van der Waals surface area contributed by atoms with Crippen molar-refractivity contribution < 1.29 is 4.79 Å². The number of anilines is 1. The number of hydrogen-bond donors (Lipinski definition) is 1. The van der Waals surface area contributed by atoms with E-state index in [2.05, 4.69) is 11.9 Å². The molecule has 1 aliphatic heterocycles. The van der Waals surface area contributed by atoms with Gasteiger partial charge in [-0.25, -0.2) is 4.98 Å². The number of amides is 1. The van der Waals surface area contributed by atoms with Gasteiger partial charge < -0.3 is 10.6 Å². The lowest BCUT2D eigenvalue weighted by atomic mass is 10.1. The Kier molecular flexibility index (Phi) is 3.53. The lowest BCUT2D eigenvalue weighted by Gasteiger charge is -2.32. The van der Waals surface area contributed by atoms with E-state index in [1.807, 2.05) is 40.9 Å². The summed E-state index contributed by atoms with van der Waals surface area (Å²) in [5.41, 5.74) is 7.87. The van der Waals surface area contributed by atoms with Crippen LogP contribution >= 0.6 is 11.8 Å². The number of aromatic nitrogens is 1. The predicted octanol–water partition coefficient (Wildman–Crippen LogP) is 2.39. The Morgan fingerprint density at radius 3 is 3.05 bits per heavy atom. The van der Waals surface area contributed by atoms with E-state index >= 15 is 0 Å². The first-order valence-corrected chi connectivity index (χ1v) is 7.86. The van der Waals surface area contributed by atoms with Crippen molar-refractivity contribution in [3.8, 4) is 0 Å². The maximum atomic E-state index is 12.6. The molecule has 1 aromatic carbocycles. The van der Waals surface area contributed by atoms with Crippen LogP contribution in [0.4, 0.5) is 5.69 Å². The molecule has 20 heavy (non-hydrogen) atoms. The summed E-state index contributed by atoms with van der Waals surface area (Å²) in [5, 5.41) is 0.895. The minimum atomic E-state index is -0.0183. The molecule has 1 fully saturated rings. The normalized spacial score (nSPS) is 19.2. The third-order valence-electron chi connectivity index (χ3n) is 3.60. The van der Waals surface area contributed by atoms with Gasteiger partial charge in [0, 0.05) is 35.2 Å². The number of thioether (sulfide) groups is 1. The van der Waals surface area contributed by atoms with Crippen molar-refractivity contribution in [1.29, 1.82) is 0 Å². The molecule has 5 heteroatoms.